The molecular formula is C36H44N4O4. The van der Waals surface area contributed by atoms with Crippen molar-refractivity contribution in [3.8, 4) is 11.3 Å². The maximum absolute atomic E-state index is 14.2. The third-order valence-electron chi connectivity index (χ3n) is 10.6. The summed E-state index contributed by atoms with van der Waals surface area (Å²) in [5, 5.41) is 0.813. The number of Topliss-reactive ketones (excluding diaryl/α,β-unsaturated/α-hetero) is 3. The van der Waals surface area contributed by atoms with Gasteiger partial charge in [0.25, 0.3) is 0 Å². The van der Waals surface area contributed by atoms with Gasteiger partial charge in [-0.3, -0.25) is 29.1 Å². The molecular weight excluding hydrogens is 552 g/mol. The lowest BCUT2D eigenvalue weighted by molar-refractivity contribution is -0.139. The first-order valence-electron chi connectivity index (χ1n) is 16.3. The van der Waals surface area contributed by atoms with Crippen LogP contribution in [-0.4, -0.2) is 54.8 Å². The lowest BCUT2D eigenvalue weighted by Crippen LogP contribution is -2.44. The Morgan fingerprint density at radius 2 is 1.80 bits per heavy atom. The van der Waals surface area contributed by atoms with E-state index >= 15 is 0 Å². The fourth-order valence-corrected chi connectivity index (χ4v) is 7.80. The fraction of sp³-hybridized carbons (Fsp3) is 0.556. The van der Waals surface area contributed by atoms with E-state index in [1.54, 1.807) is 19.3 Å². The highest BCUT2D eigenvalue weighted by atomic mass is 16.2. The summed E-state index contributed by atoms with van der Waals surface area (Å²) in [7, 11) is 0. The van der Waals surface area contributed by atoms with Crippen LogP contribution < -0.4 is 0 Å². The van der Waals surface area contributed by atoms with E-state index < -0.39 is 11.5 Å². The van der Waals surface area contributed by atoms with E-state index in [2.05, 4.69) is 29.9 Å². The molecule has 3 aromatic rings. The first kappa shape index (κ1) is 30.4. The van der Waals surface area contributed by atoms with Gasteiger partial charge in [0.15, 0.2) is 11.6 Å². The summed E-state index contributed by atoms with van der Waals surface area (Å²) < 4.78 is 1.94. The van der Waals surface area contributed by atoms with Gasteiger partial charge in [0.05, 0.1) is 29.1 Å². The van der Waals surface area contributed by atoms with Crippen molar-refractivity contribution in [2.45, 2.75) is 117 Å². The molecule has 1 saturated heterocycles. The molecule has 2 aromatic heterocycles. The van der Waals surface area contributed by atoms with Gasteiger partial charge in [-0.1, -0.05) is 33.6 Å². The molecule has 0 spiro atoms. The second-order valence-electron chi connectivity index (χ2n) is 14.1. The van der Waals surface area contributed by atoms with E-state index in [1.165, 1.54) is 0 Å². The molecule has 0 N–H and O–H groups in total. The summed E-state index contributed by atoms with van der Waals surface area (Å²) in [5.74, 6) is 0.210. The molecule has 3 atom stereocenters. The molecule has 44 heavy (non-hydrogen) atoms. The maximum Gasteiger partial charge on any atom is 0.243 e. The minimum Gasteiger partial charge on any atom is -0.337 e. The molecule has 2 bridgehead atoms. The smallest absolute Gasteiger partial charge is 0.243 e. The van der Waals surface area contributed by atoms with Gasteiger partial charge in [-0.2, -0.15) is 0 Å². The van der Waals surface area contributed by atoms with E-state index in [9.17, 15) is 19.2 Å². The van der Waals surface area contributed by atoms with Gasteiger partial charge in [-0.25, -0.2) is 0 Å². The van der Waals surface area contributed by atoms with Crippen LogP contribution in [0, 0.1) is 17.8 Å². The van der Waals surface area contributed by atoms with Crippen LogP contribution in [0.15, 0.2) is 30.7 Å². The predicted octanol–water partition coefficient (Wildman–Crippen LogP) is 6.44. The van der Waals surface area contributed by atoms with Gasteiger partial charge in [-0.15, -0.1) is 0 Å². The molecule has 1 aliphatic carbocycles. The average Bonchev–Trinajstić information content (AvgIpc) is 3.40. The zero-order chi connectivity index (χ0) is 31.4. The number of piperidine rings is 1. The lowest BCUT2D eigenvalue weighted by atomic mass is 9.79. The molecule has 8 heteroatoms. The number of aryl methyl sites for hydroxylation is 2. The van der Waals surface area contributed by atoms with Crippen LogP contribution in [0.4, 0.5) is 0 Å². The van der Waals surface area contributed by atoms with Crippen molar-refractivity contribution in [2.75, 3.05) is 0 Å². The van der Waals surface area contributed by atoms with Crippen molar-refractivity contribution in [2.24, 2.45) is 10.8 Å². The third-order valence-corrected chi connectivity index (χ3v) is 10.6. The van der Waals surface area contributed by atoms with Crippen LogP contribution in [0.5, 0.6) is 0 Å². The summed E-state index contributed by atoms with van der Waals surface area (Å²) in [5.41, 5.74) is 4.44. The molecule has 0 unspecified atom stereocenters. The molecule has 8 nitrogen and oxygen atoms in total. The molecule has 1 aromatic carbocycles. The largest absolute Gasteiger partial charge is 0.337 e. The van der Waals surface area contributed by atoms with Crippen LogP contribution in [0.3, 0.4) is 0 Å². The zero-order valence-corrected chi connectivity index (χ0v) is 26.7. The minimum atomic E-state index is -0.450. The average molecular weight is 597 g/mol. The van der Waals surface area contributed by atoms with Gasteiger partial charge in [0, 0.05) is 53.2 Å². The fourth-order valence-electron chi connectivity index (χ4n) is 7.80. The lowest BCUT2D eigenvalue weighted by Gasteiger charge is -2.27. The number of carbonyl (C=O) groups excluding carboxylic acids is 4. The van der Waals surface area contributed by atoms with Crippen molar-refractivity contribution in [1.82, 2.24) is 19.4 Å². The molecule has 4 heterocycles. The summed E-state index contributed by atoms with van der Waals surface area (Å²) in [4.78, 5) is 64.6. The molecule has 6 rings (SSSR count). The molecule has 2 fully saturated rings. The van der Waals surface area contributed by atoms with Crippen molar-refractivity contribution >= 4 is 34.2 Å². The molecule has 1 saturated carbocycles. The highest BCUT2D eigenvalue weighted by molar-refractivity contribution is 6.09. The van der Waals surface area contributed by atoms with Crippen LogP contribution in [0.1, 0.15) is 107 Å². The number of carbonyl (C=O) groups is 4. The van der Waals surface area contributed by atoms with E-state index in [0.29, 0.717) is 24.8 Å². The summed E-state index contributed by atoms with van der Waals surface area (Å²) in [6, 6.07) is 3.66. The van der Waals surface area contributed by atoms with Crippen molar-refractivity contribution in [1.29, 1.82) is 0 Å². The summed E-state index contributed by atoms with van der Waals surface area (Å²) in [6.07, 6.45) is 12.9. The number of amides is 1. The number of rotatable bonds is 4. The number of benzene rings is 1. The predicted molar refractivity (Wildman–Crippen MR) is 169 cm³/mol. The van der Waals surface area contributed by atoms with Crippen molar-refractivity contribution < 1.29 is 19.2 Å². The van der Waals surface area contributed by atoms with Gasteiger partial charge in [-0.05, 0) is 75.5 Å². The highest BCUT2D eigenvalue weighted by Gasteiger charge is 2.66. The first-order chi connectivity index (χ1) is 20.9. The number of ketones is 3. The maximum atomic E-state index is 14.2. The Morgan fingerprint density at radius 1 is 1.00 bits per heavy atom. The van der Waals surface area contributed by atoms with Crippen LogP contribution >= 0.6 is 0 Å². The zero-order valence-electron chi connectivity index (χ0n) is 26.7. The quantitative estimate of drug-likeness (QED) is 0.321. The number of hydrogen-bond acceptors (Lipinski definition) is 6. The Bertz CT molecular complexity index is 1650. The number of nitrogens with zero attached hydrogens (tertiary/aromatic N) is 4. The number of hydrogen-bond donors (Lipinski definition) is 0. The summed E-state index contributed by atoms with van der Waals surface area (Å²) in [6.45, 7) is 9.50. The van der Waals surface area contributed by atoms with E-state index in [4.69, 9.17) is 0 Å². The molecule has 1 amide bonds. The standard InChI is InChI=1S/C36H44N4O4/c1-6-30(42)29-16-36-13-11-32(43)35(4,5)12-9-7-8-10-24-14-25(28-19-37-22(2)18-38-28)15-26-27(23(3)41)20-39(34(24)26)21-33(44)40(29)31(36)17-36/h14-15,18-20,29,31H,6-13,16-17,21H2,1-5H3/t29-,31+,36-/m0/s1. The van der Waals surface area contributed by atoms with Crippen LogP contribution in [0.2, 0.25) is 0 Å². The monoisotopic (exact) mass is 596 g/mol. The first-order valence-corrected chi connectivity index (χ1v) is 16.3. The van der Waals surface area contributed by atoms with E-state index in [-0.39, 0.29) is 41.3 Å². The molecule has 232 valence electrons. The van der Waals surface area contributed by atoms with Gasteiger partial charge in [0.1, 0.15) is 12.3 Å². The topological polar surface area (TPSA) is 102 Å². The Balaban J connectivity index is 1.45. The van der Waals surface area contributed by atoms with Crippen LogP contribution in [0.25, 0.3) is 22.2 Å². The Hall–Kier alpha value is -3.68. The van der Waals surface area contributed by atoms with Gasteiger partial charge < -0.3 is 9.47 Å². The van der Waals surface area contributed by atoms with Crippen LogP contribution in [-0.2, 0) is 27.3 Å². The summed E-state index contributed by atoms with van der Waals surface area (Å²) >= 11 is 0. The SMILES string of the molecule is CCC(=O)[C@@H]1C[C@]23CCC(=O)C(C)(C)CCCCCc4cc(-c5cnc(C)cn5)cc5c(C(C)=O)cn(c45)CC(=O)N1[C@@H]2C3. The van der Waals surface area contributed by atoms with Gasteiger partial charge >= 0.3 is 0 Å². The van der Waals surface area contributed by atoms with E-state index in [1.807, 2.05) is 35.6 Å². The molecule has 0 radical (unpaired) electrons. The molecule has 2 aliphatic heterocycles. The third kappa shape index (κ3) is 5.41. The Labute approximate surface area is 259 Å². The number of aromatic nitrogens is 3. The minimum absolute atomic E-state index is 0.0117. The Morgan fingerprint density at radius 3 is 2.50 bits per heavy atom. The van der Waals surface area contributed by atoms with E-state index in [0.717, 1.165) is 78.4 Å². The normalized spacial score (nSPS) is 25.5. The van der Waals surface area contributed by atoms with Crippen molar-refractivity contribution in [3.63, 3.8) is 0 Å². The molecule has 3 aliphatic rings. The van der Waals surface area contributed by atoms with Gasteiger partial charge in [0.2, 0.25) is 5.91 Å². The second-order valence-corrected chi connectivity index (χ2v) is 14.1. The Kier molecular flexibility index (Phi) is 7.83. The second kappa shape index (κ2) is 11.4. The highest BCUT2D eigenvalue weighted by Crippen LogP contribution is 2.62. The van der Waals surface area contributed by atoms with Crippen molar-refractivity contribution in [3.05, 3.63) is 47.5 Å².